The number of rotatable bonds is 3. The molecule has 0 saturated carbocycles. The van der Waals surface area contributed by atoms with Gasteiger partial charge in [0.15, 0.2) is 0 Å². The summed E-state index contributed by atoms with van der Waals surface area (Å²) in [5.74, 6) is -0.546. The van der Waals surface area contributed by atoms with E-state index in [1.165, 1.54) is 24.3 Å². The van der Waals surface area contributed by atoms with Gasteiger partial charge < -0.3 is 15.5 Å². The highest BCUT2D eigenvalue weighted by Gasteiger charge is 2.41. The molecule has 2 fully saturated rings. The SMILES string of the molecule is Cc1ccccc1NC(=O)N1[C@H]2CCC[C@H]1CC(NC(=O)c1ccc(F)cc1)C2. The van der Waals surface area contributed by atoms with Gasteiger partial charge in [0, 0.05) is 29.4 Å². The van der Waals surface area contributed by atoms with Gasteiger partial charge in [0.05, 0.1) is 0 Å². The molecule has 29 heavy (non-hydrogen) atoms. The molecule has 2 heterocycles. The molecule has 2 bridgehead atoms. The first-order chi connectivity index (χ1) is 14.0. The van der Waals surface area contributed by atoms with Crippen LogP contribution >= 0.6 is 0 Å². The molecule has 152 valence electrons. The number of hydrogen-bond acceptors (Lipinski definition) is 2. The van der Waals surface area contributed by atoms with E-state index < -0.39 is 0 Å². The topological polar surface area (TPSA) is 61.4 Å². The predicted octanol–water partition coefficient (Wildman–Crippen LogP) is 4.48. The fraction of sp³-hybridized carbons (Fsp3) is 0.391. The number of benzene rings is 2. The predicted molar refractivity (Wildman–Crippen MR) is 110 cm³/mol. The number of piperidine rings is 2. The van der Waals surface area contributed by atoms with Crippen molar-refractivity contribution in [1.29, 1.82) is 0 Å². The largest absolute Gasteiger partial charge is 0.349 e. The van der Waals surface area contributed by atoms with Gasteiger partial charge in [-0.05, 0) is 74.9 Å². The molecule has 2 N–H and O–H groups in total. The molecule has 0 unspecified atom stereocenters. The van der Waals surface area contributed by atoms with Gasteiger partial charge in [0.25, 0.3) is 5.91 Å². The first kappa shape index (κ1) is 19.4. The summed E-state index contributed by atoms with van der Waals surface area (Å²) in [6.45, 7) is 1.98. The summed E-state index contributed by atoms with van der Waals surface area (Å²) >= 11 is 0. The Labute approximate surface area is 170 Å². The van der Waals surface area contributed by atoms with Crippen molar-refractivity contribution in [2.75, 3.05) is 5.32 Å². The van der Waals surface area contributed by atoms with E-state index in [0.29, 0.717) is 5.56 Å². The minimum absolute atomic E-state index is 0.0189. The molecular weight excluding hydrogens is 369 g/mol. The summed E-state index contributed by atoms with van der Waals surface area (Å²) in [5, 5.41) is 6.14. The van der Waals surface area contributed by atoms with Crippen LogP contribution in [-0.4, -0.2) is 35.0 Å². The fourth-order valence-corrected chi connectivity index (χ4v) is 4.59. The highest BCUT2D eigenvalue weighted by Crippen LogP contribution is 2.35. The van der Waals surface area contributed by atoms with Crippen LogP contribution in [0.4, 0.5) is 14.9 Å². The molecule has 4 rings (SSSR count). The van der Waals surface area contributed by atoms with Gasteiger partial charge in [0.1, 0.15) is 5.82 Å². The summed E-state index contributed by atoms with van der Waals surface area (Å²) in [6.07, 6.45) is 4.47. The minimum Gasteiger partial charge on any atom is -0.349 e. The summed E-state index contributed by atoms with van der Waals surface area (Å²) in [7, 11) is 0. The Hall–Kier alpha value is -2.89. The first-order valence-corrected chi connectivity index (χ1v) is 10.2. The summed E-state index contributed by atoms with van der Waals surface area (Å²) in [5.41, 5.74) is 2.33. The minimum atomic E-state index is -0.357. The zero-order valence-corrected chi connectivity index (χ0v) is 16.5. The molecule has 5 nitrogen and oxygen atoms in total. The zero-order valence-electron chi connectivity index (χ0n) is 16.5. The van der Waals surface area contributed by atoms with Crippen LogP contribution in [0.3, 0.4) is 0 Å². The Morgan fingerprint density at radius 1 is 1.00 bits per heavy atom. The zero-order chi connectivity index (χ0) is 20.4. The van der Waals surface area contributed by atoms with Crippen molar-refractivity contribution in [2.24, 2.45) is 0 Å². The number of carbonyl (C=O) groups excluding carboxylic acids is 2. The third kappa shape index (κ3) is 4.26. The average molecular weight is 395 g/mol. The Kier molecular flexibility index (Phi) is 5.51. The quantitative estimate of drug-likeness (QED) is 0.805. The number of amides is 3. The van der Waals surface area contributed by atoms with E-state index in [2.05, 4.69) is 10.6 Å². The maximum Gasteiger partial charge on any atom is 0.322 e. The number of anilines is 1. The van der Waals surface area contributed by atoms with Crippen molar-refractivity contribution < 1.29 is 14.0 Å². The van der Waals surface area contributed by atoms with Gasteiger partial charge in [-0.15, -0.1) is 0 Å². The molecule has 0 aliphatic carbocycles. The average Bonchev–Trinajstić information content (AvgIpc) is 2.69. The number of nitrogens with one attached hydrogen (secondary N) is 2. The van der Waals surface area contributed by atoms with Crippen molar-refractivity contribution >= 4 is 17.6 Å². The summed E-state index contributed by atoms with van der Waals surface area (Å²) in [6, 6.07) is 13.5. The molecule has 2 atom stereocenters. The number of halogens is 1. The normalized spacial score (nSPS) is 23.4. The molecular formula is C23H26FN3O2. The third-order valence-electron chi connectivity index (χ3n) is 6.04. The number of urea groups is 1. The standard InChI is InChI=1S/C23H26FN3O2/c1-15-5-2-3-8-21(15)26-23(29)27-19-6-4-7-20(27)14-18(13-19)25-22(28)16-9-11-17(24)12-10-16/h2-3,5,8-12,18-20H,4,6-7,13-14H2,1H3,(H,25,28)(H,26,29)/t19-,20-/m0/s1. The van der Waals surface area contributed by atoms with Crippen molar-refractivity contribution in [3.8, 4) is 0 Å². The number of fused-ring (bicyclic) bond motifs is 2. The highest BCUT2D eigenvalue weighted by molar-refractivity contribution is 5.94. The van der Waals surface area contributed by atoms with Gasteiger partial charge in [-0.3, -0.25) is 4.79 Å². The molecule has 3 amide bonds. The molecule has 6 heteroatoms. The first-order valence-electron chi connectivity index (χ1n) is 10.2. The maximum atomic E-state index is 13.1. The number of carbonyl (C=O) groups is 2. The van der Waals surface area contributed by atoms with Crippen molar-refractivity contribution in [1.82, 2.24) is 10.2 Å². The highest BCUT2D eigenvalue weighted by atomic mass is 19.1. The molecule has 2 saturated heterocycles. The van der Waals surface area contributed by atoms with Crippen molar-refractivity contribution in [3.05, 3.63) is 65.5 Å². The van der Waals surface area contributed by atoms with E-state index in [1.54, 1.807) is 0 Å². The Morgan fingerprint density at radius 3 is 2.31 bits per heavy atom. The van der Waals surface area contributed by atoms with E-state index >= 15 is 0 Å². The smallest absolute Gasteiger partial charge is 0.322 e. The van der Waals surface area contributed by atoms with E-state index in [4.69, 9.17) is 0 Å². The van der Waals surface area contributed by atoms with Crippen molar-refractivity contribution in [3.63, 3.8) is 0 Å². The Bertz CT molecular complexity index is 885. The second-order valence-corrected chi connectivity index (χ2v) is 8.04. The Balaban J connectivity index is 1.42. The number of nitrogens with zero attached hydrogens (tertiary/aromatic N) is 1. The van der Waals surface area contributed by atoms with Crippen LogP contribution in [0.2, 0.25) is 0 Å². The molecule has 0 radical (unpaired) electrons. The van der Waals surface area contributed by atoms with E-state index in [0.717, 1.165) is 43.4 Å². The molecule has 0 spiro atoms. The van der Waals surface area contributed by atoms with E-state index in [-0.39, 0.29) is 35.9 Å². The third-order valence-corrected chi connectivity index (χ3v) is 6.04. The molecule has 2 aromatic carbocycles. The lowest BCUT2D eigenvalue weighted by Gasteiger charge is -2.48. The lowest BCUT2D eigenvalue weighted by atomic mass is 9.82. The van der Waals surface area contributed by atoms with Crippen LogP contribution in [0.15, 0.2) is 48.5 Å². The number of aryl methyl sites for hydroxylation is 1. The lowest BCUT2D eigenvalue weighted by Crippen LogP contribution is -2.59. The summed E-state index contributed by atoms with van der Waals surface area (Å²) in [4.78, 5) is 27.5. The molecule has 2 aliphatic rings. The number of para-hydroxylation sites is 1. The Morgan fingerprint density at radius 2 is 1.66 bits per heavy atom. The van der Waals surface area contributed by atoms with Crippen LogP contribution in [-0.2, 0) is 0 Å². The molecule has 2 aliphatic heterocycles. The summed E-state index contributed by atoms with van der Waals surface area (Å²) < 4.78 is 13.1. The van der Waals surface area contributed by atoms with Crippen molar-refractivity contribution in [2.45, 2.75) is 57.2 Å². The van der Waals surface area contributed by atoms with Gasteiger partial charge in [0.2, 0.25) is 0 Å². The van der Waals surface area contributed by atoms with Crippen LogP contribution in [0, 0.1) is 12.7 Å². The molecule has 0 aromatic heterocycles. The van der Waals surface area contributed by atoms with Crippen LogP contribution < -0.4 is 10.6 Å². The lowest BCUT2D eigenvalue weighted by molar-refractivity contribution is 0.0577. The van der Waals surface area contributed by atoms with Gasteiger partial charge in [-0.1, -0.05) is 18.2 Å². The van der Waals surface area contributed by atoms with E-state index in [9.17, 15) is 14.0 Å². The monoisotopic (exact) mass is 395 g/mol. The number of hydrogen-bond donors (Lipinski definition) is 2. The second kappa shape index (κ2) is 8.23. The van der Waals surface area contributed by atoms with E-state index in [1.807, 2.05) is 36.1 Å². The fourth-order valence-electron chi connectivity index (χ4n) is 4.59. The van der Waals surface area contributed by atoms with Gasteiger partial charge >= 0.3 is 6.03 Å². The van der Waals surface area contributed by atoms with Crippen LogP contribution in [0.25, 0.3) is 0 Å². The molecule has 2 aromatic rings. The van der Waals surface area contributed by atoms with Gasteiger partial charge in [-0.2, -0.15) is 0 Å². The maximum absolute atomic E-state index is 13.1. The second-order valence-electron chi connectivity index (χ2n) is 8.04. The van der Waals surface area contributed by atoms with Crippen LogP contribution in [0.5, 0.6) is 0 Å². The van der Waals surface area contributed by atoms with Crippen LogP contribution in [0.1, 0.15) is 48.0 Å². The van der Waals surface area contributed by atoms with Gasteiger partial charge in [-0.25, -0.2) is 9.18 Å².